The minimum atomic E-state index is -4.55. The Hall–Kier alpha value is -3.24. The van der Waals surface area contributed by atoms with Crippen LogP contribution in [0.5, 0.6) is 0 Å². The number of anilines is 1. The Morgan fingerprint density at radius 1 is 1.12 bits per heavy atom. The topological polar surface area (TPSA) is 72.3 Å². The molecular formula is C31H36F3N5O2. The molecule has 0 atom stereocenters. The van der Waals surface area contributed by atoms with Gasteiger partial charge in [0.15, 0.2) is 0 Å². The van der Waals surface area contributed by atoms with Gasteiger partial charge in [-0.15, -0.1) is 10.2 Å². The van der Waals surface area contributed by atoms with Gasteiger partial charge in [-0.2, -0.15) is 13.2 Å². The SMILES string of the molecule is CCOC1CC(c2nnc(Cc3cccc(N4Cc5c(cc(CNC6(C)CCC6)cc5C(F)(F)F)C4=O)c3)n2C)C1. The second-order valence-corrected chi connectivity index (χ2v) is 12.0. The van der Waals surface area contributed by atoms with Gasteiger partial charge in [0.05, 0.1) is 18.2 Å². The van der Waals surface area contributed by atoms with Crippen molar-refractivity contribution < 1.29 is 22.7 Å². The summed E-state index contributed by atoms with van der Waals surface area (Å²) in [5.41, 5.74) is 1.33. The number of alkyl halides is 3. The number of hydrogen-bond acceptors (Lipinski definition) is 5. The normalized spacial score (nSPS) is 21.5. The van der Waals surface area contributed by atoms with E-state index in [2.05, 4.69) is 22.4 Å². The standard InChI is InChI=1S/C31H36F3N5O2/c1-4-41-23-15-21(16-23)28-37-36-27(38(28)3)14-19-7-5-8-22(11-19)39-18-25-24(29(39)40)12-20(13-26(25)31(32,33)34)17-35-30(2)9-6-10-30/h5,7-8,11-13,21,23,35H,4,6,9-10,14-18H2,1-3H3. The van der Waals surface area contributed by atoms with Crippen molar-refractivity contribution in [2.24, 2.45) is 7.05 Å². The Balaban J connectivity index is 1.21. The summed E-state index contributed by atoms with van der Waals surface area (Å²) in [6, 6.07) is 10.2. The highest BCUT2D eigenvalue weighted by Gasteiger charge is 2.41. The van der Waals surface area contributed by atoms with Crippen LogP contribution in [-0.2, 0) is 37.5 Å². The lowest BCUT2D eigenvalue weighted by molar-refractivity contribution is -0.138. The molecule has 2 saturated carbocycles. The number of carbonyl (C=O) groups is 1. The zero-order valence-corrected chi connectivity index (χ0v) is 23.7. The summed E-state index contributed by atoms with van der Waals surface area (Å²) in [6.07, 6.45) is 1.20. The maximum absolute atomic E-state index is 14.2. The van der Waals surface area contributed by atoms with E-state index in [-0.39, 0.29) is 29.3 Å². The van der Waals surface area contributed by atoms with Crippen molar-refractivity contribution in [3.05, 3.63) is 75.9 Å². The zero-order chi connectivity index (χ0) is 28.9. The Morgan fingerprint density at radius 3 is 2.59 bits per heavy atom. The van der Waals surface area contributed by atoms with Gasteiger partial charge in [0.25, 0.3) is 5.91 Å². The first-order valence-corrected chi connectivity index (χ1v) is 14.4. The van der Waals surface area contributed by atoms with Gasteiger partial charge in [0, 0.05) is 49.3 Å². The first kappa shape index (κ1) is 27.9. The number of nitrogens with one attached hydrogen (secondary N) is 1. The third kappa shape index (κ3) is 5.39. The van der Waals surface area contributed by atoms with E-state index in [4.69, 9.17) is 4.74 Å². The number of nitrogens with zero attached hydrogens (tertiary/aromatic N) is 4. The molecule has 0 unspecified atom stereocenters. The third-order valence-corrected chi connectivity index (χ3v) is 9.03. The summed E-state index contributed by atoms with van der Waals surface area (Å²) in [5.74, 6) is 1.65. The summed E-state index contributed by atoms with van der Waals surface area (Å²) in [6.45, 7) is 4.97. The molecule has 2 heterocycles. The van der Waals surface area contributed by atoms with Crippen LogP contribution in [0.15, 0.2) is 36.4 Å². The number of benzene rings is 2. The molecule has 2 aromatic carbocycles. The number of fused-ring (bicyclic) bond motifs is 1. The Labute approximate surface area is 238 Å². The number of hydrogen-bond donors (Lipinski definition) is 1. The Bertz CT molecular complexity index is 1460. The molecule has 0 radical (unpaired) electrons. The van der Waals surface area contributed by atoms with Gasteiger partial charge in [-0.1, -0.05) is 12.1 Å². The largest absolute Gasteiger partial charge is 0.416 e. The predicted octanol–water partition coefficient (Wildman–Crippen LogP) is 5.90. The maximum Gasteiger partial charge on any atom is 0.416 e. The number of carbonyl (C=O) groups excluding carboxylic acids is 1. The third-order valence-electron chi connectivity index (χ3n) is 9.03. The van der Waals surface area contributed by atoms with Gasteiger partial charge in [0.1, 0.15) is 11.6 Å². The molecule has 6 rings (SSSR count). The second-order valence-electron chi connectivity index (χ2n) is 12.0. The van der Waals surface area contributed by atoms with Gasteiger partial charge in [-0.25, -0.2) is 0 Å². The van der Waals surface area contributed by atoms with E-state index in [9.17, 15) is 18.0 Å². The van der Waals surface area contributed by atoms with Gasteiger partial charge in [-0.05, 0) is 86.9 Å². The van der Waals surface area contributed by atoms with Crippen molar-refractivity contribution in [3.8, 4) is 0 Å². The van der Waals surface area contributed by atoms with E-state index in [0.29, 0.717) is 36.7 Å². The molecule has 1 aromatic heterocycles. The monoisotopic (exact) mass is 567 g/mol. The summed E-state index contributed by atoms with van der Waals surface area (Å²) in [5, 5.41) is 12.2. The number of rotatable bonds is 9. The van der Waals surface area contributed by atoms with Crippen LogP contribution in [0.3, 0.4) is 0 Å². The molecule has 1 aliphatic heterocycles. The summed E-state index contributed by atoms with van der Waals surface area (Å²) in [7, 11) is 1.96. The lowest BCUT2D eigenvalue weighted by atomic mass is 9.78. The van der Waals surface area contributed by atoms with Crippen molar-refractivity contribution in [1.82, 2.24) is 20.1 Å². The fourth-order valence-electron chi connectivity index (χ4n) is 6.28. The molecule has 1 N–H and O–H groups in total. The summed E-state index contributed by atoms with van der Waals surface area (Å²) < 4.78 is 50.1. The first-order valence-electron chi connectivity index (χ1n) is 14.4. The number of amides is 1. The highest BCUT2D eigenvalue weighted by molar-refractivity contribution is 6.10. The molecule has 218 valence electrons. The van der Waals surface area contributed by atoms with E-state index in [0.717, 1.165) is 49.3 Å². The van der Waals surface area contributed by atoms with Crippen molar-refractivity contribution in [1.29, 1.82) is 0 Å². The highest BCUT2D eigenvalue weighted by Crippen LogP contribution is 2.41. The van der Waals surface area contributed by atoms with Gasteiger partial charge >= 0.3 is 6.18 Å². The fraction of sp³-hybridized carbons (Fsp3) is 0.516. The second kappa shape index (κ2) is 10.5. The molecule has 2 fully saturated rings. The molecule has 3 aromatic rings. The van der Waals surface area contributed by atoms with Crippen LogP contribution in [0.4, 0.5) is 18.9 Å². The number of aromatic nitrogens is 3. The molecule has 0 saturated heterocycles. The molecule has 3 aliphatic rings. The van der Waals surface area contributed by atoms with Crippen LogP contribution in [0, 0.1) is 0 Å². The van der Waals surface area contributed by atoms with Crippen LogP contribution in [0.1, 0.15) is 96.1 Å². The molecule has 41 heavy (non-hydrogen) atoms. The molecule has 0 bridgehead atoms. The van der Waals surface area contributed by atoms with Crippen molar-refractivity contribution in [2.75, 3.05) is 11.5 Å². The molecule has 10 heteroatoms. The average molecular weight is 568 g/mol. The number of halogens is 3. The number of ether oxygens (including phenoxy) is 1. The predicted molar refractivity (Wildman–Crippen MR) is 149 cm³/mol. The van der Waals surface area contributed by atoms with E-state index in [1.807, 2.05) is 36.7 Å². The molecule has 7 nitrogen and oxygen atoms in total. The lowest BCUT2D eigenvalue weighted by Crippen LogP contribution is -2.47. The minimum Gasteiger partial charge on any atom is -0.378 e. The smallest absolute Gasteiger partial charge is 0.378 e. The van der Waals surface area contributed by atoms with E-state index >= 15 is 0 Å². The quantitative estimate of drug-likeness (QED) is 0.349. The molecule has 1 amide bonds. The Kier molecular flexibility index (Phi) is 7.18. The van der Waals surface area contributed by atoms with Crippen LogP contribution in [0.2, 0.25) is 0 Å². The highest BCUT2D eigenvalue weighted by atomic mass is 19.4. The van der Waals surface area contributed by atoms with Crippen molar-refractivity contribution in [2.45, 2.75) is 89.2 Å². The zero-order valence-electron chi connectivity index (χ0n) is 23.7. The van der Waals surface area contributed by atoms with Gasteiger partial charge in [0.2, 0.25) is 0 Å². The maximum atomic E-state index is 14.2. The Morgan fingerprint density at radius 2 is 1.90 bits per heavy atom. The average Bonchev–Trinajstić information content (AvgIpc) is 3.42. The fourth-order valence-corrected chi connectivity index (χ4v) is 6.28. The first-order chi connectivity index (χ1) is 19.5. The van der Waals surface area contributed by atoms with Crippen LogP contribution in [0.25, 0.3) is 0 Å². The molecule has 0 spiro atoms. The summed E-state index contributed by atoms with van der Waals surface area (Å²) >= 11 is 0. The minimum absolute atomic E-state index is 0.0373. The van der Waals surface area contributed by atoms with Crippen LogP contribution in [-0.4, -0.2) is 38.9 Å². The van der Waals surface area contributed by atoms with Crippen LogP contribution >= 0.6 is 0 Å². The van der Waals surface area contributed by atoms with Gasteiger partial charge in [-0.3, -0.25) is 4.79 Å². The van der Waals surface area contributed by atoms with Gasteiger partial charge < -0.3 is 19.5 Å². The lowest BCUT2D eigenvalue weighted by Gasteiger charge is -2.39. The summed E-state index contributed by atoms with van der Waals surface area (Å²) in [4.78, 5) is 15.0. The van der Waals surface area contributed by atoms with Crippen molar-refractivity contribution >= 4 is 11.6 Å². The van der Waals surface area contributed by atoms with E-state index < -0.39 is 17.6 Å². The van der Waals surface area contributed by atoms with Crippen molar-refractivity contribution in [3.63, 3.8) is 0 Å². The molecular weight excluding hydrogens is 531 g/mol. The van der Waals surface area contributed by atoms with Crippen LogP contribution < -0.4 is 10.2 Å². The molecule has 2 aliphatic carbocycles. The van der Waals surface area contributed by atoms with E-state index in [1.54, 1.807) is 12.1 Å². The van der Waals surface area contributed by atoms with E-state index in [1.165, 1.54) is 11.0 Å².